The van der Waals surface area contributed by atoms with Crippen LogP contribution in [0.4, 0.5) is 11.8 Å². The third kappa shape index (κ3) is 3.25. The Morgan fingerprint density at radius 1 is 1.14 bits per heavy atom. The molecule has 0 spiro atoms. The van der Waals surface area contributed by atoms with Gasteiger partial charge in [0.1, 0.15) is 5.82 Å². The number of nitrogens with two attached hydrogens (primary N) is 1. The average Bonchev–Trinajstić information content (AvgIpc) is 2.51. The van der Waals surface area contributed by atoms with Crippen LogP contribution in [0.5, 0.6) is 11.5 Å². The molecule has 7 nitrogen and oxygen atoms in total. The molecule has 1 aromatic heterocycles. The zero-order valence-electron chi connectivity index (χ0n) is 12.6. The van der Waals surface area contributed by atoms with E-state index in [2.05, 4.69) is 15.3 Å². The molecule has 0 saturated carbocycles. The number of nitrogens with zero attached hydrogens (tertiary/aromatic N) is 2. The number of methoxy groups -OCH3 is 3. The van der Waals surface area contributed by atoms with E-state index < -0.39 is 0 Å². The van der Waals surface area contributed by atoms with E-state index in [0.29, 0.717) is 35.3 Å². The fourth-order valence-electron chi connectivity index (χ4n) is 1.88. The summed E-state index contributed by atoms with van der Waals surface area (Å²) in [7, 11) is 4.80. The first-order valence-corrected chi connectivity index (χ1v) is 6.55. The standard InChI is InChI=1S/C14H20N4O3/c1-8(19-2)7-16-14-17-10-6-12(21-4)11(20-3)5-9(10)13(15)18-14/h5-6,8H,7H2,1-4H3,(H3,15,16,17,18). The Kier molecular flexibility index (Phi) is 4.64. The van der Waals surface area contributed by atoms with Gasteiger partial charge in [0.05, 0.1) is 25.8 Å². The van der Waals surface area contributed by atoms with Crippen LogP contribution in [0.1, 0.15) is 6.92 Å². The number of ether oxygens (including phenoxy) is 3. The minimum absolute atomic E-state index is 0.0518. The third-order valence-corrected chi connectivity index (χ3v) is 3.18. The number of anilines is 2. The van der Waals surface area contributed by atoms with Crippen LogP contribution in [0.2, 0.25) is 0 Å². The highest BCUT2D eigenvalue weighted by Crippen LogP contribution is 2.33. The Morgan fingerprint density at radius 2 is 1.81 bits per heavy atom. The van der Waals surface area contributed by atoms with Gasteiger partial charge >= 0.3 is 0 Å². The highest BCUT2D eigenvalue weighted by atomic mass is 16.5. The molecule has 1 unspecified atom stereocenters. The molecule has 1 aromatic carbocycles. The molecule has 0 amide bonds. The number of rotatable bonds is 6. The van der Waals surface area contributed by atoms with Crippen LogP contribution in [0.3, 0.4) is 0 Å². The van der Waals surface area contributed by atoms with Crippen molar-refractivity contribution >= 4 is 22.7 Å². The van der Waals surface area contributed by atoms with Crippen molar-refractivity contribution in [2.45, 2.75) is 13.0 Å². The first-order chi connectivity index (χ1) is 10.1. The van der Waals surface area contributed by atoms with Crippen LogP contribution in [0, 0.1) is 0 Å². The Bertz CT molecular complexity index is 633. The summed E-state index contributed by atoms with van der Waals surface area (Å²) in [5, 5.41) is 3.82. The monoisotopic (exact) mass is 292 g/mol. The SMILES string of the molecule is COc1cc2nc(NCC(C)OC)nc(N)c2cc1OC. The van der Waals surface area contributed by atoms with Gasteiger partial charge in [-0.15, -0.1) is 0 Å². The van der Waals surface area contributed by atoms with Crippen molar-refractivity contribution in [3.05, 3.63) is 12.1 Å². The summed E-state index contributed by atoms with van der Waals surface area (Å²) in [5.74, 6) is 2.03. The Balaban J connectivity index is 2.39. The molecule has 0 fully saturated rings. The van der Waals surface area contributed by atoms with Crippen molar-refractivity contribution < 1.29 is 14.2 Å². The van der Waals surface area contributed by atoms with E-state index in [0.717, 1.165) is 5.39 Å². The zero-order chi connectivity index (χ0) is 15.4. The second-order valence-corrected chi connectivity index (χ2v) is 4.58. The van der Waals surface area contributed by atoms with Gasteiger partial charge in [0.15, 0.2) is 11.5 Å². The van der Waals surface area contributed by atoms with Gasteiger partial charge in [-0.2, -0.15) is 4.98 Å². The van der Waals surface area contributed by atoms with Crippen LogP contribution in [0.15, 0.2) is 12.1 Å². The highest BCUT2D eigenvalue weighted by molar-refractivity contribution is 5.91. The summed E-state index contributed by atoms with van der Waals surface area (Å²) in [6.45, 7) is 2.54. The molecule has 7 heteroatoms. The van der Waals surface area contributed by atoms with Crippen molar-refractivity contribution in [3.8, 4) is 11.5 Å². The molecule has 21 heavy (non-hydrogen) atoms. The highest BCUT2D eigenvalue weighted by Gasteiger charge is 2.12. The second kappa shape index (κ2) is 6.45. The molecule has 2 rings (SSSR count). The third-order valence-electron chi connectivity index (χ3n) is 3.18. The van der Waals surface area contributed by atoms with Gasteiger partial charge in [0, 0.05) is 25.1 Å². The number of hydrogen-bond acceptors (Lipinski definition) is 7. The van der Waals surface area contributed by atoms with Gasteiger partial charge in [-0.25, -0.2) is 4.98 Å². The number of aromatic nitrogens is 2. The number of nitrogens with one attached hydrogen (secondary N) is 1. The van der Waals surface area contributed by atoms with Crippen LogP contribution in [-0.4, -0.2) is 43.9 Å². The predicted octanol–water partition coefficient (Wildman–Crippen LogP) is 1.68. The van der Waals surface area contributed by atoms with E-state index >= 15 is 0 Å². The molecule has 0 saturated heterocycles. The minimum Gasteiger partial charge on any atom is -0.493 e. The maximum atomic E-state index is 5.99. The Labute approximate surface area is 123 Å². The molecule has 3 N–H and O–H groups in total. The summed E-state index contributed by atoms with van der Waals surface area (Å²) in [6, 6.07) is 3.54. The fourth-order valence-corrected chi connectivity index (χ4v) is 1.88. The Hall–Kier alpha value is -2.28. The summed E-state index contributed by atoms with van der Waals surface area (Å²) in [4.78, 5) is 8.68. The van der Waals surface area contributed by atoms with E-state index in [1.807, 2.05) is 6.92 Å². The number of benzene rings is 1. The first-order valence-electron chi connectivity index (χ1n) is 6.55. The quantitative estimate of drug-likeness (QED) is 0.836. The van der Waals surface area contributed by atoms with Gasteiger partial charge in [0.2, 0.25) is 5.95 Å². The number of hydrogen-bond donors (Lipinski definition) is 2. The van der Waals surface area contributed by atoms with Gasteiger partial charge in [0.25, 0.3) is 0 Å². The topological polar surface area (TPSA) is 91.5 Å². The van der Waals surface area contributed by atoms with E-state index in [1.54, 1.807) is 33.5 Å². The van der Waals surface area contributed by atoms with Crippen LogP contribution >= 0.6 is 0 Å². The summed E-state index contributed by atoms with van der Waals surface area (Å²) in [5.41, 5.74) is 6.68. The maximum Gasteiger partial charge on any atom is 0.225 e. The van der Waals surface area contributed by atoms with Crippen LogP contribution in [0.25, 0.3) is 10.9 Å². The molecular formula is C14H20N4O3. The molecular weight excluding hydrogens is 272 g/mol. The summed E-state index contributed by atoms with van der Waals surface area (Å²) < 4.78 is 15.7. The minimum atomic E-state index is 0.0518. The molecule has 114 valence electrons. The van der Waals surface area contributed by atoms with Crippen molar-refractivity contribution in [1.29, 1.82) is 0 Å². The van der Waals surface area contributed by atoms with E-state index in [1.165, 1.54) is 0 Å². The Morgan fingerprint density at radius 3 is 2.43 bits per heavy atom. The summed E-state index contributed by atoms with van der Waals surface area (Å²) in [6.07, 6.45) is 0.0518. The van der Waals surface area contributed by atoms with Gasteiger partial charge in [-0.3, -0.25) is 0 Å². The molecule has 1 atom stereocenters. The lowest BCUT2D eigenvalue weighted by Gasteiger charge is -2.13. The van der Waals surface area contributed by atoms with Crippen molar-refractivity contribution in [1.82, 2.24) is 9.97 Å². The van der Waals surface area contributed by atoms with Crippen LogP contribution < -0.4 is 20.5 Å². The molecule has 0 aliphatic heterocycles. The number of nitrogen functional groups attached to an aromatic ring is 1. The van der Waals surface area contributed by atoms with E-state index in [9.17, 15) is 0 Å². The first kappa shape index (κ1) is 15.1. The average molecular weight is 292 g/mol. The second-order valence-electron chi connectivity index (χ2n) is 4.58. The molecule has 2 aromatic rings. The van der Waals surface area contributed by atoms with E-state index in [4.69, 9.17) is 19.9 Å². The summed E-state index contributed by atoms with van der Waals surface area (Å²) >= 11 is 0. The lowest BCUT2D eigenvalue weighted by molar-refractivity contribution is 0.128. The van der Waals surface area contributed by atoms with Gasteiger partial charge in [-0.1, -0.05) is 0 Å². The van der Waals surface area contributed by atoms with Crippen molar-refractivity contribution in [2.75, 3.05) is 38.9 Å². The largest absolute Gasteiger partial charge is 0.493 e. The molecule has 0 bridgehead atoms. The maximum absolute atomic E-state index is 5.99. The molecule has 0 aliphatic carbocycles. The van der Waals surface area contributed by atoms with Crippen molar-refractivity contribution in [3.63, 3.8) is 0 Å². The molecule has 0 radical (unpaired) electrons. The number of fused-ring (bicyclic) bond motifs is 1. The molecule has 1 heterocycles. The molecule has 0 aliphatic rings. The predicted molar refractivity (Wildman–Crippen MR) is 82.0 cm³/mol. The fraction of sp³-hybridized carbons (Fsp3) is 0.429. The van der Waals surface area contributed by atoms with Gasteiger partial charge < -0.3 is 25.3 Å². The smallest absolute Gasteiger partial charge is 0.225 e. The zero-order valence-corrected chi connectivity index (χ0v) is 12.6. The lowest BCUT2D eigenvalue weighted by Crippen LogP contribution is -2.19. The van der Waals surface area contributed by atoms with Crippen molar-refractivity contribution in [2.24, 2.45) is 0 Å². The normalized spacial score (nSPS) is 12.2. The lowest BCUT2D eigenvalue weighted by atomic mass is 10.2. The van der Waals surface area contributed by atoms with Crippen LogP contribution in [-0.2, 0) is 4.74 Å². The van der Waals surface area contributed by atoms with Gasteiger partial charge in [-0.05, 0) is 13.0 Å². The van der Waals surface area contributed by atoms with E-state index in [-0.39, 0.29) is 6.10 Å².